The van der Waals surface area contributed by atoms with Gasteiger partial charge in [0.1, 0.15) is 6.20 Å². The Hall–Kier alpha value is -2.14. The van der Waals surface area contributed by atoms with Crippen LogP contribution in [0.1, 0.15) is 11.4 Å². The second-order valence-electron chi connectivity index (χ2n) is 3.68. The highest BCUT2D eigenvalue weighted by Crippen LogP contribution is 2.15. The molecule has 0 aliphatic rings. The van der Waals surface area contributed by atoms with Crippen LogP contribution in [0.15, 0.2) is 30.5 Å². The van der Waals surface area contributed by atoms with Crippen LogP contribution in [0.5, 0.6) is 0 Å². The molecule has 18 heavy (non-hydrogen) atoms. The van der Waals surface area contributed by atoms with Crippen LogP contribution in [-0.4, -0.2) is 14.5 Å². The number of benzene rings is 1. The van der Waals surface area contributed by atoms with E-state index in [0.717, 1.165) is 5.56 Å². The first-order valence-electron chi connectivity index (χ1n) is 5.17. The van der Waals surface area contributed by atoms with Crippen LogP contribution in [0.25, 0.3) is 12.2 Å². The number of rotatable bonds is 3. The Morgan fingerprint density at radius 3 is 2.56 bits per heavy atom. The van der Waals surface area contributed by atoms with Crippen molar-refractivity contribution >= 4 is 29.6 Å². The first kappa shape index (κ1) is 12.3. The minimum Gasteiger partial charge on any atom is -0.358 e. The van der Waals surface area contributed by atoms with Crippen molar-refractivity contribution in [2.75, 3.05) is 0 Å². The molecule has 0 radical (unpaired) electrons. The van der Waals surface area contributed by atoms with E-state index in [1.165, 1.54) is 10.8 Å². The molecule has 0 saturated heterocycles. The molecule has 2 aromatic rings. The van der Waals surface area contributed by atoms with Crippen LogP contribution in [0.4, 0.5) is 5.82 Å². The topological polar surface area (TPSA) is 61.0 Å². The maximum Gasteiger partial charge on any atom is 0.342 e. The van der Waals surface area contributed by atoms with Crippen molar-refractivity contribution in [1.82, 2.24) is 9.55 Å². The van der Waals surface area contributed by atoms with Crippen molar-refractivity contribution < 1.29 is 4.92 Å². The molecule has 0 saturated carbocycles. The van der Waals surface area contributed by atoms with Gasteiger partial charge in [-0.2, -0.15) is 0 Å². The number of hydrogen-bond acceptors (Lipinski definition) is 3. The Kier molecular flexibility index (Phi) is 3.43. The molecule has 0 spiro atoms. The van der Waals surface area contributed by atoms with Gasteiger partial charge in [0.25, 0.3) is 0 Å². The van der Waals surface area contributed by atoms with Crippen molar-refractivity contribution in [3.63, 3.8) is 0 Å². The summed E-state index contributed by atoms with van der Waals surface area (Å²) >= 11 is 5.78. The standard InChI is InChI=1S/C12H10ClN3O2/c1-15-11(14-8-12(15)16(17)18)7-4-9-2-5-10(13)6-3-9/h2-8H,1H3/b7-4+. The molecule has 1 aromatic carbocycles. The number of halogens is 1. The van der Waals surface area contributed by atoms with Crippen LogP contribution in [0.2, 0.25) is 5.02 Å². The summed E-state index contributed by atoms with van der Waals surface area (Å²) in [5.41, 5.74) is 0.949. The van der Waals surface area contributed by atoms with Crippen LogP contribution in [0.3, 0.4) is 0 Å². The summed E-state index contributed by atoms with van der Waals surface area (Å²) in [7, 11) is 1.60. The molecule has 1 heterocycles. The molecule has 0 atom stereocenters. The molecule has 0 aliphatic heterocycles. The maximum absolute atomic E-state index is 10.7. The predicted octanol–water partition coefficient (Wildman–Crippen LogP) is 3.15. The molecule has 92 valence electrons. The largest absolute Gasteiger partial charge is 0.358 e. The average molecular weight is 264 g/mol. The van der Waals surface area contributed by atoms with Gasteiger partial charge in [-0.25, -0.2) is 9.55 Å². The van der Waals surface area contributed by atoms with Crippen molar-refractivity contribution in [3.8, 4) is 0 Å². The Balaban J connectivity index is 2.24. The molecular weight excluding hydrogens is 254 g/mol. The van der Waals surface area contributed by atoms with Gasteiger partial charge in [-0.15, -0.1) is 0 Å². The summed E-state index contributed by atoms with van der Waals surface area (Å²) in [6.45, 7) is 0. The fourth-order valence-electron chi connectivity index (χ4n) is 1.48. The van der Waals surface area contributed by atoms with Crippen molar-refractivity contribution in [3.05, 3.63) is 57.0 Å². The number of nitrogens with zero attached hydrogens (tertiary/aromatic N) is 3. The highest BCUT2D eigenvalue weighted by molar-refractivity contribution is 6.30. The Morgan fingerprint density at radius 2 is 2.00 bits per heavy atom. The van der Waals surface area contributed by atoms with E-state index in [9.17, 15) is 10.1 Å². The Morgan fingerprint density at radius 1 is 1.33 bits per heavy atom. The molecule has 0 bridgehead atoms. The lowest BCUT2D eigenvalue weighted by Crippen LogP contribution is -1.98. The van der Waals surface area contributed by atoms with Gasteiger partial charge in [-0.3, -0.25) is 0 Å². The normalized spacial score (nSPS) is 11.0. The van der Waals surface area contributed by atoms with Gasteiger partial charge in [0.2, 0.25) is 5.82 Å². The predicted molar refractivity (Wildman–Crippen MR) is 70.2 cm³/mol. The van der Waals surface area contributed by atoms with Gasteiger partial charge in [0.05, 0.1) is 7.05 Å². The molecule has 0 fully saturated rings. The zero-order chi connectivity index (χ0) is 13.1. The molecule has 1 aromatic heterocycles. The third-order valence-electron chi connectivity index (χ3n) is 2.48. The van der Waals surface area contributed by atoms with Crippen molar-refractivity contribution in [2.45, 2.75) is 0 Å². The van der Waals surface area contributed by atoms with Gasteiger partial charge < -0.3 is 10.1 Å². The first-order chi connectivity index (χ1) is 8.58. The summed E-state index contributed by atoms with van der Waals surface area (Å²) in [5.74, 6) is 0.488. The van der Waals surface area contributed by atoms with Crippen LogP contribution < -0.4 is 0 Å². The second-order valence-corrected chi connectivity index (χ2v) is 4.11. The number of aromatic nitrogens is 2. The molecule has 0 unspecified atom stereocenters. The molecule has 6 heteroatoms. The van der Waals surface area contributed by atoms with Gasteiger partial charge in [-0.1, -0.05) is 23.7 Å². The van der Waals surface area contributed by atoms with Gasteiger partial charge in [-0.05, 0) is 28.7 Å². The number of imidazole rings is 1. The van der Waals surface area contributed by atoms with E-state index >= 15 is 0 Å². The SMILES string of the molecule is Cn1c([N+](=O)[O-])cnc1/C=C/c1ccc(Cl)cc1. The highest BCUT2D eigenvalue weighted by atomic mass is 35.5. The monoisotopic (exact) mass is 263 g/mol. The van der Waals surface area contributed by atoms with E-state index in [2.05, 4.69) is 4.98 Å². The highest BCUT2D eigenvalue weighted by Gasteiger charge is 2.13. The summed E-state index contributed by atoms with van der Waals surface area (Å²) in [6, 6.07) is 7.27. The van der Waals surface area contributed by atoms with Crippen LogP contribution in [-0.2, 0) is 7.05 Å². The second kappa shape index (κ2) is 5.01. The summed E-state index contributed by atoms with van der Waals surface area (Å²) < 4.78 is 1.42. The van der Waals surface area contributed by atoms with Crippen molar-refractivity contribution in [2.24, 2.45) is 7.05 Å². The van der Waals surface area contributed by atoms with E-state index < -0.39 is 4.92 Å². The third-order valence-corrected chi connectivity index (χ3v) is 2.73. The van der Waals surface area contributed by atoms with E-state index in [1.807, 2.05) is 18.2 Å². The molecule has 5 nitrogen and oxygen atoms in total. The molecule has 0 amide bonds. The average Bonchev–Trinajstić information content (AvgIpc) is 2.70. The van der Waals surface area contributed by atoms with E-state index in [-0.39, 0.29) is 5.82 Å². The maximum atomic E-state index is 10.7. The van der Waals surface area contributed by atoms with Crippen LogP contribution in [0, 0.1) is 10.1 Å². The lowest BCUT2D eigenvalue weighted by molar-refractivity contribution is -0.391. The molecule has 2 rings (SSSR count). The summed E-state index contributed by atoms with van der Waals surface area (Å²) in [4.78, 5) is 14.2. The lowest BCUT2D eigenvalue weighted by Gasteiger charge is -1.95. The quantitative estimate of drug-likeness (QED) is 0.631. The van der Waals surface area contributed by atoms with E-state index in [4.69, 9.17) is 11.6 Å². The smallest absolute Gasteiger partial charge is 0.342 e. The van der Waals surface area contributed by atoms with Crippen LogP contribution >= 0.6 is 11.6 Å². The fourth-order valence-corrected chi connectivity index (χ4v) is 1.61. The summed E-state index contributed by atoms with van der Waals surface area (Å²) in [6.07, 6.45) is 4.78. The van der Waals surface area contributed by atoms with Gasteiger partial charge >= 0.3 is 5.82 Å². The molecular formula is C12H10ClN3O2. The lowest BCUT2D eigenvalue weighted by atomic mass is 10.2. The Labute approximate surface area is 108 Å². The minimum atomic E-state index is -0.466. The Bertz CT molecular complexity index is 602. The zero-order valence-corrected chi connectivity index (χ0v) is 10.3. The van der Waals surface area contributed by atoms with E-state index in [0.29, 0.717) is 10.8 Å². The first-order valence-corrected chi connectivity index (χ1v) is 5.55. The van der Waals surface area contributed by atoms with E-state index in [1.54, 1.807) is 25.3 Å². The third kappa shape index (κ3) is 2.57. The van der Waals surface area contributed by atoms with Gasteiger partial charge in [0, 0.05) is 11.1 Å². The number of hydrogen-bond donors (Lipinski definition) is 0. The van der Waals surface area contributed by atoms with Crippen molar-refractivity contribution in [1.29, 1.82) is 0 Å². The minimum absolute atomic E-state index is 0.0363. The number of nitro groups is 1. The fraction of sp³-hybridized carbons (Fsp3) is 0.0833. The zero-order valence-electron chi connectivity index (χ0n) is 9.58. The summed E-state index contributed by atoms with van der Waals surface area (Å²) in [5, 5.41) is 11.3. The molecule has 0 aliphatic carbocycles. The van der Waals surface area contributed by atoms with Gasteiger partial charge in [0.15, 0.2) is 0 Å². The molecule has 0 N–H and O–H groups in total.